The van der Waals surface area contributed by atoms with E-state index in [0.29, 0.717) is 24.5 Å². The molecule has 1 aromatic carbocycles. The van der Waals surface area contributed by atoms with Gasteiger partial charge in [0.1, 0.15) is 12.1 Å². The molecule has 0 radical (unpaired) electrons. The number of aromatic amines is 1. The Balaban J connectivity index is 1.66. The number of fused-ring (bicyclic) bond motifs is 2. The molecule has 0 bridgehead atoms. The fraction of sp³-hybridized carbons (Fsp3) is 0.389. The number of benzene rings is 1. The number of ether oxygens (including phenoxy) is 3. The van der Waals surface area contributed by atoms with Crippen molar-refractivity contribution >= 4 is 12.0 Å². The molecule has 9 heteroatoms. The molecule has 2 aliphatic rings. The topological polar surface area (TPSA) is 106 Å². The molecule has 1 aromatic heterocycles. The first-order chi connectivity index (χ1) is 13.1. The van der Waals surface area contributed by atoms with Gasteiger partial charge in [-0.15, -0.1) is 0 Å². The van der Waals surface area contributed by atoms with Gasteiger partial charge < -0.3 is 29.4 Å². The molecule has 0 spiro atoms. The van der Waals surface area contributed by atoms with E-state index in [1.54, 1.807) is 18.2 Å². The molecule has 3 heterocycles. The van der Waals surface area contributed by atoms with Crippen LogP contribution in [0.25, 0.3) is 0 Å². The van der Waals surface area contributed by atoms with Crippen LogP contribution < -0.4 is 14.8 Å². The van der Waals surface area contributed by atoms with E-state index in [0.717, 1.165) is 17.0 Å². The van der Waals surface area contributed by atoms with Crippen LogP contribution in [0.5, 0.6) is 11.5 Å². The highest BCUT2D eigenvalue weighted by Gasteiger charge is 2.35. The second-order valence-electron chi connectivity index (χ2n) is 6.42. The molecule has 0 aliphatic carbocycles. The summed E-state index contributed by atoms with van der Waals surface area (Å²) in [7, 11) is 1.29. The van der Waals surface area contributed by atoms with Crippen LogP contribution in [0.4, 0.5) is 4.79 Å². The number of carbonyl (C=O) groups is 2. The number of carbonyl (C=O) groups excluding carboxylic acids is 2. The quantitative estimate of drug-likeness (QED) is 0.788. The van der Waals surface area contributed by atoms with Gasteiger partial charge in [0.15, 0.2) is 11.5 Å². The van der Waals surface area contributed by atoms with E-state index < -0.39 is 18.1 Å². The van der Waals surface area contributed by atoms with Gasteiger partial charge >= 0.3 is 12.0 Å². The number of urea groups is 1. The van der Waals surface area contributed by atoms with Crippen LogP contribution in [-0.4, -0.2) is 53.4 Å². The van der Waals surface area contributed by atoms with Crippen LogP contribution in [0, 0.1) is 0 Å². The lowest BCUT2D eigenvalue weighted by atomic mass is 9.95. The van der Waals surface area contributed by atoms with Crippen LogP contribution in [0.15, 0.2) is 24.5 Å². The summed E-state index contributed by atoms with van der Waals surface area (Å²) >= 11 is 0. The van der Waals surface area contributed by atoms with Gasteiger partial charge in [0.05, 0.1) is 19.1 Å². The zero-order valence-electron chi connectivity index (χ0n) is 15.0. The molecule has 2 N–H and O–H groups in total. The van der Waals surface area contributed by atoms with Crippen LogP contribution in [0.1, 0.15) is 29.9 Å². The summed E-state index contributed by atoms with van der Waals surface area (Å²) in [4.78, 5) is 33.8. The Labute approximate surface area is 155 Å². The Kier molecular flexibility index (Phi) is 4.35. The van der Waals surface area contributed by atoms with Gasteiger partial charge in [-0.05, 0) is 24.6 Å². The Bertz CT molecular complexity index is 880. The number of nitrogens with one attached hydrogen (secondary N) is 2. The van der Waals surface area contributed by atoms with Gasteiger partial charge in [-0.2, -0.15) is 0 Å². The Morgan fingerprint density at radius 2 is 2.19 bits per heavy atom. The number of rotatable bonds is 3. The maximum absolute atomic E-state index is 12.9. The number of esters is 1. The lowest BCUT2D eigenvalue weighted by molar-refractivity contribution is -0.142. The van der Waals surface area contributed by atoms with Gasteiger partial charge in [-0.1, -0.05) is 6.07 Å². The van der Waals surface area contributed by atoms with Crippen molar-refractivity contribution < 1.29 is 23.8 Å². The summed E-state index contributed by atoms with van der Waals surface area (Å²) in [6.07, 6.45) is 2.28. The number of amides is 2. The molecule has 0 unspecified atom stereocenters. The van der Waals surface area contributed by atoms with E-state index in [2.05, 4.69) is 20.0 Å². The minimum atomic E-state index is -0.750. The maximum Gasteiger partial charge on any atom is 0.328 e. The fourth-order valence-corrected chi connectivity index (χ4v) is 3.42. The smallest absolute Gasteiger partial charge is 0.328 e. The van der Waals surface area contributed by atoms with Crippen molar-refractivity contribution in [3.05, 3.63) is 41.5 Å². The third kappa shape index (κ3) is 3.05. The van der Waals surface area contributed by atoms with Gasteiger partial charge in [0.2, 0.25) is 6.79 Å². The molecule has 0 saturated heterocycles. The van der Waals surface area contributed by atoms with Crippen LogP contribution in [-0.2, 0) is 16.0 Å². The van der Waals surface area contributed by atoms with Gasteiger partial charge in [-0.25, -0.2) is 14.6 Å². The van der Waals surface area contributed by atoms with Crippen molar-refractivity contribution in [1.82, 2.24) is 20.2 Å². The Hall–Kier alpha value is -3.23. The minimum Gasteiger partial charge on any atom is -0.467 e. The van der Waals surface area contributed by atoms with E-state index in [-0.39, 0.29) is 12.8 Å². The summed E-state index contributed by atoms with van der Waals surface area (Å²) in [6.45, 7) is 2.25. The first-order valence-electron chi connectivity index (χ1n) is 8.65. The Morgan fingerprint density at radius 1 is 1.37 bits per heavy atom. The molecule has 142 valence electrons. The van der Waals surface area contributed by atoms with E-state index >= 15 is 0 Å². The number of H-pyrrole nitrogens is 1. The summed E-state index contributed by atoms with van der Waals surface area (Å²) in [5.41, 5.74) is 2.62. The second-order valence-corrected chi connectivity index (χ2v) is 6.42. The van der Waals surface area contributed by atoms with Crippen LogP contribution >= 0.6 is 0 Å². The number of imidazole rings is 1. The summed E-state index contributed by atoms with van der Waals surface area (Å²) < 4.78 is 15.5. The molecular weight excluding hydrogens is 352 g/mol. The SMILES string of the molecule is COC(=O)[C@@H](C)NC(=O)N1CCc2[nH]cnc2[C@@H]1c1ccc2c(c1)OCO2. The number of aromatic nitrogens is 2. The lowest BCUT2D eigenvalue weighted by Crippen LogP contribution is -2.50. The van der Waals surface area contributed by atoms with Crippen molar-refractivity contribution in [2.75, 3.05) is 20.4 Å². The maximum atomic E-state index is 12.9. The zero-order chi connectivity index (χ0) is 19.0. The van der Waals surface area contributed by atoms with Crippen LogP contribution in [0.2, 0.25) is 0 Å². The molecule has 2 aromatic rings. The molecule has 4 rings (SSSR count). The van der Waals surface area contributed by atoms with E-state index in [9.17, 15) is 9.59 Å². The molecule has 9 nitrogen and oxygen atoms in total. The number of hydrogen-bond acceptors (Lipinski definition) is 6. The van der Waals surface area contributed by atoms with Crippen molar-refractivity contribution in [3.63, 3.8) is 0 Å². The first-order valence-corrected chi connectivity index (χ1v) is 8.65. The molecule has 0 fully saturated rings. The predicted octanol–water partition coefficient (Wildman–Crippen LogP) is 1.36. The zero-order valence-corrected chi connectivity index (χ0v) is 15.0. The summed E-state index contributed by atoms with van der Waals surface area (Å²) in [6, 6.07) is 4.07. The number of nitrogens with zero attached hydrogens (tertiary/aromatic N) is 2. The fourth-order valence-electron chi connectivity index (χ4n) is 3.42. The third-order valence-corrected chi connectivity index (χ3v) is 4.79. The summed E-state index contributed by atoms with van der Waals surface area (Å²) in [5.74, 6) is 0.811. The minimum absolute atomic E-state index is 0.179. The number of methoxy groups -OCH3 is 1. The normalized spacial score (nSPS) is 18.6. The highest BCUT2D eigenvalue weighted by Crippen LogP contribution is 2.39. The Morgan fingerprint density at radius 3 is 3.00 bits per heavy atom. The first kappa shape index (κ1) is 17.2. The molecule has 0 saturated carbocycles. The van der Waals surface area contributed by atoms with Crippen LogP contribution in [0.3, 0.4) is 0 Å². The standard InChI is InChI=1S/C18H20N4O5/c1-10(17(23)25-2)21-18(24)22-6-5-12-15(20-8-19-12)16(22)11-3-4-13-14(7-11)27-9-26-13/h3-4,7-8,10,16H,5-6,9H2,1-2H3,(H,19,20)(H,21,24)/t10-,16+/m1/s1. The second kappa shape index (κ2) is 6.82. The monoisotopic (exact) mass is 372 g/mol. The lowest BCUT2D eigenvalue weighted by Gasteiger charge is -2.35. The van der Waals surface area contributed by atoms with E-state index in [4.69, 9.17) is 9.47 Å². The number of hydrogen-bond donors (Lipinski definition) is 2. The molecule has 27 heavy (non-hydrogen) atoms. The van der Waals surface area contributed by atoms with Gasteiger partial charge in [0.25, 0.3) is 0 Å². The van der Waals surface area contributed by atoms with E-state index in [1.807, 2.05) is 18.2 Å². The van der Waals surface area contributed by atoms with E-state index in [1.165, 1.54) is 7.11 Å². The highest BCUT2D eigenvalue weighted by molar-refractivity contribution is 5.83. The molecule has 2 amide bonds. The van der Waals surface area contributed by atoms with Crippen molar-refractivity contribution in [2.45, 2.75) is 25.4 Å². The average molecular weight is 372 g/mol. The molecule has 2 atom stereocenters. The third-order valence-electron chi connectivity index (χ3n) is 4.79. The van der Waals surface area contributed by atoms with Crippen molar-refractivity contribution in [3.8, 4) is 11.5 Å². The largest absolute Gasteiger partial charge is 0.467 e. The van der Waals surface area contributed by atoms with Gasteiger partial charge in [0, 0.05) is 18.7 Å². The molecular formula is C18H20N4O5. The van der Waals surface area contributed by atoms with Crippen molar-refractivity contribution in [2.24, 2.45) is 0 Å². The summed E-state index contributed by atoms with van der Waals surface area (Å²) in [5, 5.41) is 2.69. The van der Waals surface area contributed by atoms with Crippen molar-refractivity contribution in [1.29, 1.82) is 0 Å². The predicted molar refractivity (Wildman–Crippen MR) is 93.4 cm³/mol. The molecule has 2 aliphatic heterocycles. The average Bonchev–Trinajstić information content (AvgIpc) is 3.34. The highest BCUT2D eigenvalue weighted by atomic mass is 16.7. The van der Waals surface area contributed by atoms with Gasteiger partial charge in [-0.3, -0.25) is 0 Å².